The van der Waals surface area contributed by atoms with Gasteiger partial charge in [-0.15, -0.1) is 0 Å². The Bertz CT molecular complexity index is 1040. The van der Waals surface area contributed by atoms with E-state index in [4.69, 9.17) is 11.6 Å². The molecule has 0 fully saturated rings. The summed E-state index contributed by atoms with van der Waals surface area (Å²) in [4.78, 5) is 25.3. The van der Waals surface area contributed by atoms with Crippen LogP contribution in [0.15, 0.2) is 48.5 Å². The minimum Gasteiger partial charge on any atom is -0.326 e. The quantitative estimate of drug-likeness (QED) is 0.504. The van der Waals surface area contributed by atoms with Crippen LogP contribution < -0.4 is 0 Å². The minimum atomic E-state index is -0.435. The zero-order chi connectivity index (χ0) is 19.8. The number of hydrogen-bond donors (Lipinski definition) is 1. The van der Waals surface area contributed by atoms with Crippen LogP contribution in [0.5, 0.6) is 0 Å². The summed E-state index contributed by atoms with van der Waals surface area (Å²) < 4.78 is 0. The monoisotopic (exact) mass is 396 g/mol. The van der Waals surface area contributed by atoms with Gasteiger partial charge in [0.15, 0.2) is 0 Å². The summed E-state index contributed by atoms with van der Waals surface area (Å²) in [5, 5.41) is 18.9. The fourth-order valence-electron chi connectivity index (χ4n) is 3.62. The summed E-state index contributed by atoms with van der Waals surface area (Å²) in [6, 6.07) is 13.2. The second-order valence-corrected chi connectivity index (χ2v) is 7.05. The van der Waals surface area contributed by atoms with Crippen LogP contribution in [-0.2, 0) is 0 Å². The molecule has 1 N–H and O–H groups in total. The first-order chi connectivity index (χ1) is 13.5. The number of carbonyl (C=O) groups is 1. The van der Waals surface area contributed by atoms with E-state index < -0.39 is 4.92 Å². The number of non-ortho nitro benzene ring substituents is 1. The van der Waals surface area contributed by atoms with Crippen molar-refractivity contribution in [2.75, 3.05) is 6.54 Å². The number of aromatic amines is 1. The van der Waals surface area contributed by atoms with Gasteiger partial charge in [0.05, 0.1) is 16.7 Å². The van der Waals surface area contributed by atoms with Gasteiger partial charge in [-0.3, -0.25) is 20.0 Å². The highest BCUT2D eigenvalue weighted by Crippen LogP contribution is 2.43. The van der Waals surface area contributed by atoms with Crippen molar-refractivity contribution in [2.24, 2.45) is 0 Å². The first kappa shape index (κ1) is 18.2. The van der Waals surface area contributed by atoms with Crippen molar-refractivity contribution < 1.29 is 9.72 Å². The molecule has 1 amide bonds. The van der Waals surface area contributed by atoms with E-state index >= 15 is 0 Å². The lowest BCUT2D eigenvalue weighted by molar-refractivity contribution is -0.384. The van der Waals surface area contributed by atoms with Gasteiger partial charge < -0.3 is 4.90 Å². The number of nitro groups is 1. The van der Waals surface area contributed by atoms with Gasteiger partial charge in [0.2, 0.25) is 0 Å². The summed E-state index contributed by atoms with van der Waals surface area (Å²) in [6.45, 7) is 2.58. The molecule has 4 rings (SSSR count). The molecular formula is C20H17ClN4O3. The second kappa shape index (κ2) is 7.09. The summed E-state index contributed by atoms with van der Waals surface area (Å²) in [7, 11) is 0. The third-order valence-corrected chi connectivity index (χ3v) is 5.12. The van der Waals surface area contributed by atoms with Gasteiger partial charge in [-0.25, -0.2) is 0 Å². The molecule has 1 atom stereocenters. The molecule has 0 saturated carbocycles. The average Bonchev–Trinajstić information content (AvgIpc) is 3.23. The second-order valence-electron chi connectivity index (χ2n) is 6.62. The number of rotatable bonds is 5. The first-order valence-corrected chi connectivity index (χ1v) is 9.28. The number of aromatic nitrogens is 2. The molecule has 0 aliphatic carbocycles. The van der Waals surface area contributed by atoms with Gasteiger partial charge in [0.1, 0.15) is 5.69 Å². The van der Waals surface area contributed by atoms with E-state index in [9.17, 15) is 14.9 Å². The van der Waals surface area contributed by atoms with E-state index in [1.807, 2.05) is 19.1 Å². The van der Waals surface area contributed by atoms with Gasteiger partial charge >= 0.3 is 0 Å². The zero-order valence-corrected chi connectivity index (χ0v) is 15.8. The molecule has 1 aliphatic rings. The largest absolute Gasteiger partial charge is 0.326 e. The van der Waals surface area contributed by atoms with Crippen molar-refractivity contribution in [3.63, 3.8) is 0 Å². The number of fused-ring (bicyclic) bond motifs is 1. The van der Waals surface area contributed by atoms with Crippen LogP contribution in [0.25, 0.3) is 11.3 Å². The number of carbonyl (C=O) groups excluding carboxylic acids is 1. The topological polar surface area (TPSA) is 92.1 Å². The Morgan fingerprint density at radius 1 is 1.18 bits per heavy atom. The molecule has 1 unspecified atom stereocenters. The number of halogens is 1. The molecule has 142 valence electrons. The number of nitrogens with zero attached hydrogens (tertiary/aromatic N) is 3. The van der Waals surface area contributed by atoms with Crippen molar-refractivity contribution in [2.45, 2.75) is 19.4 Å². The number of H-pyrrole nitrogens is 1. The van der Waals surface area contributed by atoms with Gasteiger partial charge in [0.25, 0.3) is 11.6 Å². The van der Waals surface area contributed by atoms with Crippen LogP contribution in [-0.4, -0.2) is 32.5 Å². The minimum absolute atomic E-state index is 0.0143. The van der Waals surface area contributed by atoms with Crippen molar-refractivity contribution in [3.8, 4) is 11.3 Å². The lowest BCUT2D eigenvalue weighted by Crippen LogP contribution is -2.30. The Balaban J connectivity index is 1.85. The highest BCUT2D eigenvalue weighted by molar-refractivity contribution is 6.30. The van der Waals surface area contributed by atoms with E-state index in [1.54, 1.807) is 29.2 Å². The van der Waals surface area contributed by atoms with E-state index in [0.717, 1.165) is 23.1 Å². The molecule has 2 aromatic carbocycles. The highest BCUT2D eigenvalue weighted by atomic mass is 35.5. The molecule has 2 heterocycles. The third-order valence-electron chi connectivity index (χ3n) is 4.87. The lowest BCUT2D eigenvalue weighted by Gasteiger charge is -2.25. The van der Waals surface area contributed by atoms with Crippen molar-refractivity contribution in [1.82, 2.24) is 15.1 Å². The smallest absolute Gasteiger partial charge is 0.273 e. The highest BCUT2D eigenvalue weighted by Gasteiger charge is 2.41. The maximum atomic E-state index is 13.0. The summed E-state index contributed by atoms with van der Waals surface area (Å²) in [5.74, 6) is -0.118. The Morgan fingerprint density at radius 3 is 2.46 bits per heavy atom. The van der Waals surface area contributed by atoms with E-state index in [2.05, 4.69) is 10.2 Å². The number of nitro benzene ring substituents is 1. The molecule has 0 bridgehead atoms. The number of hydrogen-bond acceptors (Lipinski definition) is 4. The maximum Gasteiger partial charge on any atom is 0.273 e. The summed E-state index contributed by atoms with van der Waals surface area (Å²) in [5.41, 5.74) is 3.60. The summed E-state index contributed by atoms with van der Waals surface area (Å²) in [6.07, 6.45) is 0.795. The predicted molar refractivity (Wildman–Crippen MR) is 105 cm³/mol. The average molecular weight is 397 g/mol. The SMILES string of the molecule is CCCN1C(=O)c2[nH]nc(-c3ccc(Cl)cc3)c2C1c1ccc([N+](=O)[O-])cc1. The van der Waals surface area contributed by atoms with Gasteiger partial charge in [-0.2, -0.15) is 5.10 Å². The molecule has 0 spiro atoms. The van der Waals surface area contributed by atoms with Crippen LogP contribution in [0.1, 0.15) is 41.0 Å². The molecule has 1 aliphatic heterocycles. The van der Waals surface area contributed by atoms with Crippen LogP contribution in [0.3, 0.4) is 0 Å². The van der Waals surface area contributed by atoms with Gasteiger partial charge in [0, 0.05) is 34.8 Å². The third kappa shape index (κ3) is 2.93. The molecule has 3 aromatic rings. The number of benzene rings is 2. The van der Waals surface area contributed by atoms with Crippen LogP contribution in [0, 0.1) is 10.1 Å². The fraction of sp³-hybridized carbons (Fsp3) is 0.200. The summed E-state index contributed by atoms with van der Waals surface area (Å²) >= 11 is 6.00. The lowest BCUT2D eigenvalue weighted by atomic mass is 9.96. The van der Waals surface area contributed by atoms with Crippen molar-refractivity contribution >= 4 is 23.2 Å². The first-order valence-electron chi connectivity index (χ1n) is 8.90. The Kier molecular flexibility index (Phi) is 4.60. The molecule has 28 heavy (non-hydrogen) atoms. The van der Waals surface area contributed by atoms with Crippen LogP contribution >= 0.6 is 11.6 Å². The standard InChI is InChI=1S/C20H17ClN4O3/c1-2-11-24-19(13-5-9-15(10-6-13)25(27)28)16-17(22-23-18(16)20(24)26)12-3-7-14(21)8-4-12/h3-10,19H,2,11H2,1H3,(H,22,23). The molecule has 7 nitrogen and oxygen atoms in total. The van der Waals surface area contributed by atoms with Crippen molar-refractivity contribution in [1.29, 1.82) is 0 Å². The zero-order valence-electron chi connectivity index (χ0n) is 15.1. The Labute approximate surface area is 166 Å². The molecule has 1 aromatic heterocycles. The molecule has 8 heteroatoms. The number of nitrogens with one attached hydrogen (secondary N) is 1. The molecule has 0 saturated heterocycles. The van der Waals surface area contributed by atoms with Crippen LogP contribution in [0.4, 0.5) is 5.69 Å². The fourth-order valence-corrected chi connectivity index (χ4v) is 3.75. The van der Waals surface area contributed by atoms with E-state index in [0.29, 0.717) is 23.0 Å². The molecule has 0 radical (unpaired) electrons. The number of amides is 1. The van der Waals surface area contributed by atoms with E-state index in [-0.39, 0.29) is 17.6 Å². The predicted octanol–water partition coefficient (Wildman–Crippen LogP) is 4.59. The van der Waals surface area contributed by atoms with Crippen LogP contribution in [0.2, 0.25) is 5.02 Å². The van der Waals surface area contributed by atoms with Gasteiger partial charge in [-0.1, -0.05) is 30.7 Å². The normalized spacial score (nSPS) is 15.7. The Morgan fingerprint density at radius 2 is 1.86 bits per heavy atom. The van der Waals surface area contributed by atoms with Crippen molar-refractivity contribution in [3.05, 3.63) is 80.5 Å². The molecular weight excluding hydrogens is 380 g/mol. The maximum absolute atomic E-state index is 13.0. The van der Waals surface area contributed by atoms with E-state index in [1.165, 1.54) is 12.1 Å². The van der Waals surface area contributed by atoms with Gasteiger partial charge in [-0.05, 0) is 36.2 Å². The Hall–Kier alpha value is -3.19.